The Kier molecular flexibility index (Phi) is 8.25. The van der Waals surface area contributed by atoms with Crippen molar-refractivity contribution in [1.29, 1.82) is 0 Å². The molecule has 1 aliphatic rings. The summed E-state index contributed by atoms with van der Waals surface area (Å²) >= 11 is 0. The van der Waals surface area contributed by atoms with Crippen molar-refractivity contribution >= 4 is 29.4 Å². The summed E-state index contributed by atoms with van der Waals surface area (Å²) in [6, 6.07) is 15.0. The van der Waals surface area contributed by atoms with Crippen LogP contribution in [0.5, 0.6) is 0 Å². The average Bonchev–Trinajstić information content (AvgIpc) is 2.78. The number of carbonyl (C=O) groups is 4. The van der Waals surface area contributed by atoms with E-state index in [-0.39, 0.29) is 31.1 Å². The van der Waals surface area contributed by atoms with Gasteiger partial charge in [-0.3, -0.25) is 14.4 Å². The molecule has 0 unspecified atom stereocenters. The van der Waals surface area contributed by atoms with E-state index in [2.05, 4.69) is 0 Å². The van der Waals surface area contributed by atoms with Crippen LogP contribution >= 0.6 is 0 Å². The van der Waals surface area contributed by atoms with Crippen LogP contribution < -0.4 is 10.2 Å². The molecule has 0 spiro atoms. The van der Waals surface area contributed by atoms with Gasteiger partial charge in [-0.1, -0.05) is 42.5 Å². The maximum absolute atomic E-state index is 13.3. The van der Waals surface area contributed by atoms with Crippen molar-refractivity contribution in [1.82, 2.24) is 10.2 Å². The molecule has 37 heavy (non-hydrogen) atoms. The fourth-order valence-corrected chi connectivity index (χ4v) is 3.58. The lowest BCUT2D eigenvalue weighted by Gasteiger charge is -2.41. The van der Waals surface area contributed by atoms with Crippen LogP contribution in [0.3, 0.4) is 0 Å². The fraction of sp³-hybridized carbons (Fsp3) is 0.385. The predicted molar refractivity (Wildman–Crippen MR) is 129 cm³/mol. The molecule has 2 aromatic rings. The third-order valence-corrected chi connectivity index (χ3v) is 5.50. The lowest BCUT2D eigenvalue weighted by molar-refractivity contribution is -0.173. The van der Waals surface area contributed by atoms with Gasteiger partial charge in [-0.15, -0.1) is 0 Å². The summed E-state index contributed by atoms with van der Waals surface area (Å²) in [6.07, 6.45) is -5.54. The number of alkyl halides is 3. The molecule has 0 radical (unpaired) electrons. The van der Waals surface area contributed by atoms with Gasteiger partial charge in [0.2, 0.25) is 5.91 Å². The first-order chi connectivity index (χ1) is 17.2. The van der Waals surface area contributed by atoms with Crippen LogP contribution in [0.2, 0.25) is 0 Å². The molecule has 1 saturated heterocycles. The number of amides is 3. The highest BCUT2D eigenvalue weighted by molar-refractivity contribution is 6.00. The number of ketones is 1. The molecule has 1 aliphatic heterocycles. The number of nitrogens with one attached hydrogen (secondary N) is 1. The van der Waals surface area contributed by atoms with Gasteiger partial charge in [-0.05, 0) is 38.5 Å². The Morgan fingerprint density at radius 1 is 0.973 bits per heavy atom. The Morgan fingerprint density at radius 3 is 2.11 bits per heavy atom. The second-order valence-electron chi connectivity index (χ2n) is 9.64. The third-order valence-electron chi connectivity index (χ3n) is 5.50. The molecule has 3 rings (SSSR count). The number of hydrogen-bond donors (Lipinski definition) is 1. The van der Waals surface area contributed by atoms with E-state index in [9.17, 15) is 32.3 Å². The number of carbonyl (C=O) groups excluding carboxylic acids is 4. The highest BCUT2D eigenvalue weighted by Crippen LogP contribution is 2.26. The van der Waals surface area contributed by atoms with E-state index in [0.29, 0.717) is 11.3 Å². The van der Waals surface area contributed by atoms with Gasteiger partial charge in [0, 0.05) is 24.3 Å². The van der Waals surface area contributed by atoms with Crippen LogP contribution in [0.4, 0.5) is 23.7 Å². The van der Waals surface area contributed by atoms with Gasteiger partial charge in [-0.25, -0.2) is 4.79 Å². The summed E-state index contributed by atoms with van der Waals surface area (Å²) in [4.78, 5) is 51.7. The van der Waals surface area contributed by atoms with Gasteiger partial charge < -0.3 is 19.9 Å². The number of Topliss-reactive ketones (excluding diaryl/α,β-unsaturated/α-hetero) is 1. The van der Waals surface area contributed by atoms with Crippen LogP contribution in [0.1, 0.15) is 36.7 Å². The summed E-state index contributed by atoms with van der Waals surface area (Å²) in [7, 11) is 0. The second-order valence-corrected chi connectivity index (χ2v) is 9.64. The summed E-state index contributed by atoms with van der Waals surface area (Å²) in [6.45, 7) is 5.14. The minimum absolute atomic E-state index is 0.121. The second kappa shape index (κ2) is 11.0. The molecular formula is C26H28F3N3O5. The van der Waals surface area contributed by atoms with Crippen LogP contribution in [0.15, 0.2) is 54.6 Å². The monoisotopic (exact) mass is 519 g/mol. The molecule has 1 fully saturated rings. The molecule has 0 atom stereocenters. The number of halogens is 3. The third kappa shape index (κ3) is 7.55. The van der Waals surface area contributed by atoms with Crippen molar-refractivity contribution in [3.05, 3.63) is 65.7 Å². The molecule has 0 aromatic heterocycles. The number of para-hydroxylation sites is 1. The SMILES string of the molecule is CC(C)(C)OC(=O)N1CC(C(=O)N(Cc2ccc(C(=O)CNC(=O)C(F)(F)F)cc2)c2ccccc2)C1. The quantitative estimate of drug-likeness (QED) is 0.559. The molecular weight excluding hydrogens is 491 g/mol. The first-order valence-electron chi connectivity index (χ1n) is 11.6. The first kappa shape index (κ1) is 27.7. The van der Waals surface area contributed by atoms with Crippen molar-refractivity contribution in [2.24, 2.45) is 5.92 Å². The zero-order valence-corrected chi connectivity index (χ0v) is 20.7. The maximum Gasteiger partial charge on any atom is 0.471 e. The summed E-state index contributed by atoms with van der Waals surface area (Å²) in [5, 5.41) is 1.55. The van der Waals surface area contributed by atoms with E-state index in [1.54, 1.807) is 67.4 Å². The lowest BCUT2D eigenvalue weighted by atomic mass is 9.98. The molecule has 0 bridgehead atoms. The minimum atomic E-state index is -5.07. The fourth-order valence-electron chi connectivity index (χ4n) is 3.58. The number of likely N-dealkylation sites (tertiary alicyclic amines) is 1. The highest BCUT2D eigenvalue weighted by atomic mass is 19.4. The molecule has 11 heteroatoms. The van der Waals surface area contributed by atoms with Gasteiger partial charge in [0.05, 0.1) is 19.0 Å². The van der Waals surface area contributed by atoms with Crippen LogP contribution in [0.25, 0.3) is 0 Å². The number of nitrogens with zero attached hydrogens (tertiary/aromatic N) is 2. The Hall–Kier alpha value is -3.89. The van der Waals surface area contributed by atoms with E-state index in [1.807, 2.05) is 6.07 Å². The van der Waals surface area contributed by atoms with Crippen LogP contribution in [-0.4, -0.2) is 60.0 Å². The standard InChI is InChI=1S/C26H28F3N3O5/c1-25(2,3)37-24(36)31-15-19(16-31)22(34)32(20-7-5-4-6-8-20)14-17-9-11-18(12-10-17)21(33)13-30-23(35)26(27,28)29/h4-12,19H,13-16H2,1-3H3,(H,30,35). The van der Waals surface area contributed by atoms with Crippen molar-refractivity contribution < 1.29 is 37.1 Å². The molecule has 198 valence electrons. The molecule has 8 nitrogen and oxygen atoms in total. The first-order valence-corrected chi connectivity index (χ1v) is 11.6. The Labute approximate surface area is 212 Å². The van der Waals surface area contributed by atoms with E-state index in [0.717, 1.165) is 0 Å². The largest absolute Gasteiger partial charge is 0.471 e. The molecule has 0 saturated carbocycles. The summed E-state index contributed by atoms with van der Waals surface area (Å²) in [5.74, 6) is -3.46. The van der Waals surface area contributed by atoms with E-state index < -0.39 is 42.0 Å². The van der Waals surface area contributed by atoms with Crippen molar-refractivity contribution in [3.8, 4) is 0 Å². The van der Waals surface area contributed by atoms with Gasteiger partial charge in [-0.2, -0.15) is 13.2 Å². The topological polar surface area (TPSA) is 96.0 Å². The van der Waals surface area contributed by atoms with Gasteiger partial charge in [0.25, 0.3) is 0 Å². The number of ether oxygens (including phenoxy) is 1. The van der Waals surface area contributed by atoms with Gasteiger partial charge >= 0.3 is 18.2 Å². The van der Waals surface area contributed by atoms with Gasteiger partial charge in [0.15, 0.2) is 5.78 Å². The minimum Gasteiger partial charge on any atom is -0.444 e. The van der Waals surface area contributed by atoms with Crippen LogP contribution in [0, 0.1) is 5.92 Å². The maximum atomic E-state index is 13.3. The molecule has 1 heterocycles. The molecule has 2 aromatic carbocycles. The van der Waals surface area contributed by atoms with Crippen molar-refractivity contribution in [2.45, 2.75) is 39.1 Å². The normalized spacial score (nSPS) is 13.9. The molecule has 3 amide bonds. The average molecular weight is 520 g/mol. The number of benzene rings is 2. The van der Waals surface area contributed by atoms with Crippen LogP contribution in [-0.2, 0) is 20.9 Å². The van der Waals surface area contributed by atoms with Crippen molar-refractivity contribution in [2.75, 3.05) is 24.5 Å². The number of rotatable bonds is 7. The van der Waals surface area contributed by atoms with E-state index in [4.69, 9.17) is 4.74 Å². The lowest BCUT2D eigenvalue weighted by Crippen LogP contribution is -2.57. The predicted octanol–water partition coefficient (Wildman–Crippen LogP) is 3.95. The Balaban J connectivity index is 1.66. The Bertz CT molecular complexity index is 1140. The smallest absolute Gasteiger partial charge is 0.444 e. The van der Waals surface area contributed by atoms with Crippen molar-refractivity contribution in [3.63, 3.8) is 0 Å². The highest BCUT2D eigenvalue weighted by Gasteiger charge is 2.40. The zero-order chi connectivity index (χ0) is 27.4. The summed E-state index contributed by atoms with van der Waals surface area (Å²) in [5.41, 5.74) is 0.810. The van der Waals surface area contributed by atoms with E-state index >= 15 is 0 Å². The molecule has 0 aliphatic carbocycles. The number of hydrogen-bond acceptors (Lipinski definition) is 5. The Morgan fingerprint density at radius 2 is 1.57 bits per heavy atom. The molecule has 1 N–H and O–H groups in total. The van der Waals surface area contributed by atoms with E-state index in [1.165, 1.54) is 17.0 Å². The van der Waals surface area contributed by atoms with Gasteiger partial charge in [0.1, 0.15) is 5.60 Å². The summed E-state index contributed by atoms with van der Waals surface area (Å²) < 4.78 is 42.3. The zero-order valence-electron chi connectivity index (χ0n) is 20.7. The number of anilines is 1.